The molecule has 0 spiro atoms. The van der Waals surface area contributed by atoms with Crippen LogP contribution in [0.2, 0.25) is 0 Å². The van der Waals surface area contributed by atoms with Gasteiger partial charge in [-0.25, -0.2) is 0 Å². The van der Waals surface area contributed by atoms with Gasteiger partial charge in [0, 0.05) is 10.2 Å². The van der Waals surface area contributed by atoms with Gasteiger partial charge in [0.1, 0.15) is 6.07 Å². The maximum atomic E-state index is 8.93. The monoisotopic (exact) mass is 269 g/mol. The molecule has 0 aromatic heterocycles. The van der Waals surface area contributed by atoms with Crippen molar-refractivity contribution in [3.63, 3.8) is 0 Å². The van der Waals surface area contributed by atoms with Crippen molar-refractivity contribution in [2.24, 2.45) is 0 Å². The number of rotatable bonds is 4. The minimum atomic E-state index is 0.796. The highest BCUT2D eigenvalue weighted by Crippen LogP contribution is 2.25. The van der Waals surface area contributed by atoms with Crippen LogP contribution < -0.4 is 0 Å². The molecule has 0 aliphatic rings. The Morgan fingerprint density at radius 3 is 2.86 bits per heavy atom. The minimum absolute atomic E-state index is 0.796. The number of hydrogen-bond acceptors (Lipinski definition) is 2. The molecule has 0 unspecified atom stereocenters. The predicted octanol–water partition coefficient (Wildman–Crippen LogP) is 3.61. The highest BCUT2D eigenvalue weighted by atomic mass is 79.9. The lowest BCUT2D eigenvalue weighted by molar-refractivity contribution is 0.915. The maximum absolute atomic E-state index is 8.93. The highest BCUT2D eigenvalue weighted by Gasteiger charge is 2.05. The molecule has 1 aromatic carbocycles. The van der Waals surface area contributed by atoms with E-state index in [2.05, 4.69) is 28.1 Å². The summed E-state index contributed by atoms with van der Waals surface area (Å²) in [5.41, 5.74) is 2.08. The fraction of sp³-hybridized carbons (Fsp3) is 0.364. The lowest BCUT2D eigenvalue weighted by Gasteiger charge is -2.07. The van der Waals surface area contributed by atoms with Crippen molar-refractivity contribution in [1.29, 1.82) is 5.26 Å². The van der Waals surface area contributed by atoms with Gasteiger partial charge in [-0.2, -0.15) is 5.26 Å². The first-order chi connectivity index (χ1) is 6.83. The lowest BCUT2D eigenvalue weighted by atomic mass is 10.1. The highest BCUT2D eigenvalue weighted by molar-refractivity contribution is 9.09. The summed E-state index contributed by atoms with van der Waals surface area (Å²) in [6, 6.07) is 8.18. The van der Waals surface area contributed by atoms with Crippen molar-refractivity contribution in [2.75, 3.05) is 11.6 Å². The molecule has 3 heteroatoms. The molecular formula is C11H12BrNS. The fourth-order valence-electron chi connectivity index (χ4n) is 1.37. The van der Waals surface area contributed by atoms with E-state index < -0.39 is 0 Å². The first-order valence-electron chi connectivity index (χ1n) is 4.45. The van der Waals surface area contributed by atoms with Crippen LogP contribution in [-0.2, 0) is 6.42 Å². The molecule has 0 atom stereocenters. The Morgan fingerprint density at radius 2 is 2.29 bits per heavy atom. The molecule has 0 fully saturated rings. The summed E-state index contributed by atoms with van der Waals surface area (Å²) in [7, 11) is 0. The van der Waals surface area contributed by atoms with Crippen molar-refractivity contribution in [3.8, 4) is 6.07 Å². The molecule has 1 nitrogen and oxygen atoms in total. The van der Waals surface area contributed by atoms with E-state index in [-0.39, 0.29) is 0 Å². The van der Waals surface area contributed by atoms with Gasteiger partial charge < -0.3 is 0 Å². The molecule has 1 rings (SSSR count). The molecule has 0 heterocycles. The molecular weight excluding hydrogens is 258 g/mol. The summed E-state index contributed by atoms with van der Waals surface area (Å²) in [6.45, 7) is 0. The van der Waals surface area contributed by atoms with Crippen molar-refractivity contribution < 1.29 is 0 Å². The Hall–Kier alpha value is -0.460. The van der Waals surface area contributed by atoms with Crippen LogP contribution in [0.1, 0.15) is 17.5 Å². The smallest absolute Gasteiger partial charge is 0.100 e. The molecule has 0 saturated carbocycles. The third kappa shape index (κ3) is 2.76. The zero-order valence-corrected chi connectivity index (χ0v) is 10.5. The molecule has 14 heavy (non-hydrogen) atoms. The number of halogens is 1. The zero-order valence-electron chi connectivity index (χ0n) is 8.09. The van der Waals surface area contributed by atoms with Crippen molar-refractivity contribution in [3.05, 3.63) is 29.3 Å². The van der Waals surface area contributed by atoms with Gasteiger partial charge in [-0.15, -0.1) is 11.8 Å². The van der Waals surface area contributed by atoms with Crippen molar-refractivity contribution >= 4 is 27.7 Å². The standard InChI is InChI=1S/C11H12BrNS/c1-14-11-9(6-3-7-12)4-2-5-10(11)8-13/h2,4-5H,3,6-7H2,1H3. The summed E-state index contributed by atoms with van der Waals surface area (Å²) < 4.78 is 0. The molecule has 0 aliphatic heterocycles. The quantitative estimate of drug-likeness (QED) is 0.616. The van der Waals surface area contributed by atoms with Crippen LogP contribution in [0.5, 0.6) is 0 Å². The number of benzene rings is 1. The second kappa shape index (κ2) is 6.10. The summed E-state index contributed by atoms with van der Waals surface area (Å²) in [6.07, 6.45) is 4.17. The zero-order chi connectivity index (χ0) is 10.4. The number of aryl methyl sites for hydroxylation is 1. The third-order valence-electron chi connectivity index (χ3n) is 2.00. The van der Waals surface area contributed by atoms with Gasteiger partial charge in [0.15, 0.2) is 0 Å². The molecule has 0 N–H and O–H groups in total. The first-order valence-corrected chi connectivity index (χ1v) is 6.80. The predicted molar refractivity (Wildman–Crippen MR) is 65.1 cm³/mol. The van der Waals surface area contributed by atoms with Crippen LogP contribution in [-0.4, -0.2) is 11.6 Å². The molecule has 0 radical (unpaired) electrons. The number of nitrogens with zero attached hydrogens (tertiary/aromatic N) is 1. The van der Waals surface area contributed by atoms with Crippen molar-refractivity contribution in [1.82, 2.24) is 0 Å². The minimum Gasteiger partial charge on any atom is -0.192 e. The second-order valence-electron chi connectivity index (χ2n) is 2.90. The summed E-state index contributed by atoms with van der Waals surface area (Å²) in [5, 5.41) is 9.94. The van der Waals surface area contributed by atoms with Gasteiger partial charge in [-0.1, -0.05) is 28.1 Å². The number of hydrogen-bond donors (Lipinski definition) is 0. The van der Waals surface area contributed by atoms with Crippen molar-refractivity contribution in [2.45, 2.75) is 17.7 Å². The molecule has 74 valence electrons. The van der Waals surface area contributed by atoms with Gasteiger partial charge in [0.05, 0.1) is 5.56 Å². The first kappa shape index (κ1) is 11.6. The van der Waals surface area contributed by atoms with E-state index in [4.69, 9.17) is 5.26 Å². The fourth-order valence-corrected chi connectivity index (χ4v) is 2.41. The summed E-state index contributed by atoms with van der Waals surface area (Å²) >= 11 is 5.08. The Morgan fingerprint density at radius 1 is 1.50 bits per heavy atom. The average molecular weight is 270 g/mol. The van der Waals surface area contributed by atoms with E-state index >= 15 is 0 Å². The van der Waals surface area contributed by atoms with Gasteiger partial charge in [0.2, 0.25) is 0 Å². The lowest BCUT2D eigenvalue weighted by Crippen LogP contribution is -1.92. The topological polar surface area (TPSA) is 23.8 Å². The average Bonchev–Trinajstić information content (AvgIpc) is 2.25. The second-order valence-corrected chi connectivity index (χ2v) is 4.51. The van der Waals surface area contributed by atoms with Crippen LogP contribution >= 0.6 is 27.7 Å². The van der Waals surface area contributed by atoms with Crippen LogP contribution in [0.15, 0.2) is 23.1 Å². The Balaban J connectivity index is 2.98. The van der Waals surface area contributed by atoms with Crippen LogP contribution in [0.3, 0.4) is 0 Å². The van der Waals surface area contributed by atoms with Gasteiger partial charge in [-0.05, 0) is 30.7 Å². The molecule has 0 bridgehead atoms. The maximum Gasteiger partial charge on any atom is 0.100 e. The van der Waals surface area contributed by atoms with Crippen LogP contribution in [0.25, 0.3) is 0 Å². The number of alkyl halides is 1. The summed E-state index contributed by atoms with van der Waals surface area (Å²) in [4.78, 5) is 1.14. The Kier molecular flexibility index (Phi) is 5.06. The molecule has 0 saturated heterocycles. The van der Waals surface area contributed by atoms with E-state index in [1.807, 2.05) is 18.4 Å². The largest absolute Gasteiger partial charge is 0.192 e. The van der Waals surface area contributed by atoms with Crippen LogP contribution in [0, 0.1) is 11.3 Å². The van der Waals surface area contributed by atoms with E-state index in [1.54, 1.807) is 11.8 Å². The van der Waals surface area contributed by atoms with E-state index in [1.165, 1.54) is 5.56 Å². The van der Waals surface area contributed by atoms with E-state index in [9.17, 15) is 0 Å². The Bertz CT molecular complexity index is 344. The van der Waals surface area contributed by atoms with Gasteiger partial charge in [-0.3, -0.25) is 0 Å². The molecule has 0 amide bonds. The number of thioether (sulfide) groups is 1. The summed E-state index contributed by atoms with van der Waals surface area (Å²) in [5.74, 6) is 0. The van der Waals surface area contributed by atoms with Gasteiger partial charge >= 0.3 is 0 Å². The van der Waals surface area contributed by atoms with Crippen LogP contribution in [0.4, 0.5) is 0 Å². The normalized spacial score (nSPS) is 9.79. The molecule has 0 aliphatic carbocycles. The Labute approximate surface area is 97.6 Å². The number of nitriles is 1. The van der Waals surface area contributed by atoms with E-state index in [0.29, 0.717) is 0 Å². The molecule has 1 aromatic rings. The van der Waals surface area contributed by atoms with E-state index in [0.717, 1.165) is 28.6 Å². The SMILES string of the molecule is CSc1c(C#N)cccc1CCCBr. The van der Waals surface area contributed by atoms with Gasteiger partial charge in [0.25, 0.3) is 0 Å². The third-order valence-corrected chi connectivity index (χ3v) is 3.45.